The minimum atomic E-state index is -1.24. The van der Waals surface area contributed by atoms with Crippen molar-refractivity contribution >= 4 is 28.9 Å². The fourth-order valence-corrected chi connectivity index (χ4v) is 2.15. The molecule has 5 heteroatoms. The highest BCUT2D eigenvalue weighted by molar-refractivity contribution is 6.02. The van der Waals surface area contributed by atoms with E-state index in [2.05, 4.69) is 5.32 Å². The van der Waals surface area contributed by atoms with Crippen LogP contribution in [0.3, 0.4) is 0 Å². The molecule has 1 aromatic heterocycles. The van der Waals surface area contributed by atoms with E-state index in [1.165, 1.54) is 6.08 Å². The molecule has 0 spiro atoms. The molecular weight excluding hydrogens is 294 g/mol. The van der Waals surface area contributed by atoms with Crippen molar-refractivity contribution in [2.45, 2.75) is 0 Å². The number of benzene rings is 2. The van der Waals surface area contributed by atoms with Gasteiger partial charge in [-0.1, -0.05) is 36.4 Å². The third kappa shape index (κ3) is 3.29. The van der Waals surface area contributed by atoms with E-state index in [0.29, 0.717) is 16.9 Å². The predicted octanol–water partition coefficient (Wildman–Crippen LogP) is 3.29. The second-order valence-electron chi connectivity index (χ2n) is 4.87. The average Bonchev–Trinajstić information content (AvgIpc) is 2.97. The SMILES string of the molecule is O=C(O)/C(=C/c1cc2ccccc2o1)NC(=O)c1ccccc1. The first-order valence-corrected chi connectivity index (χ1v) is 6.93. The third-order valence-electron chi connectivity index (χ3n) is 3.25. The van der Waals surface area contributed by atoms with Crippen LogP contribution in [0.25, 0.3) is 17.0 Å². The van der Waals surface area contributed by atoms with Crippen molar-refractivity contribution in [3.8, 4) is 0 Å². The maximum Gasteiger partial charge on any atom is 0.352 e. The molecule has 1 heterocycles. The first kappa shape index (κ1) is 14.6. The Hall–Kier alpha value is -3.34. The van der Waals surface area contributed by atoms with E-state index in [9.17, 15) is 14.7 Å². The summed E-state index contributed by atoms with van der Waals surface area (Å²) < 4.78 is 5.54. The zero-order chi connectivity index (χ0) is 16.2. The number of carboxylic acids is 1. The highest BCUT2D eigenvalue weighted by Gasteiger charge is 2.14. The first-order chi connectivity index (χ1) is 11.1. The lowest BCUT2D eigenvalue weighted by atomic mass is 10.2. The molecule has 114 valence electrons. The fraction of sp³-hybridized carbons (Fsp3) is 0. The summed E-state index contributed by atoms with van der Waals surface area (Å²) in [5, 5.41) is 12.5. The van der Waals surface area contributed by atoms with Crippen molar-refractivity contribution in [1.29, 1.82) is 0 Å². The van der Waals surface area contributed by atoms with Gasteiger partial charge in [-0.25, -0.2) is 4.79 Å². The zero-order valence-corrected chi connectivity index (χ0v) is 12.0. The van der Waals surface area contributed by atoms with Gasteiger partial charge in [0.15, 0.2) is 0 Å². The lowest BCUT2D eigenvalue weighted by Crippen LogP contribution is -2.27. The van der Waals surface area contributed by atoms with Crippen LogP contribution in [0.2, 0.25) is 0 Å². The molecule has 0 bridgehead atoms. The van der Waals surface area contributed by atoms with Crippen molar-refractivity contribution in [3.63, 3.8) is 0 Å². The molecule has 2 N–H and O–H groups in total. The van der Waals surface area contributed by atoms with Crippen LogP contribution >= 0.6 is 0 Å². The second kappa shape index (κ2) is 6.19. The number of rotatable bonds is 4. The van der Waals surface area contributed by atoms with Gasteiger partial charge in [0.25, 0.3) is 5.91 Å². The quantitative estimate of drug-likeness (QED) is 0.725. The van der Waals surface area contributed by atoms with E-state index >= 15 is 0 Å². The number of hydrogen-bond acceptors (Lipinski definition) is 3. The van der Waals surface area contributed by atoms with Gasteiger partial charge >= 0.3 is 5.97 Å². The molecule has 0 fully saturated rings. The zero-order valence-electron chi connectivity index (χ0n) is 12.0. The van der Waals surface area contributed by atoms with E-state index in [0.717, 1.165) is 5.39 Å². The number of hydrogen-bond donors (Lipinski definition) is 2. The van der Waals surface area contributed by atoms with Crippen LogP contribution in [0.1, 0.15) is 16.1 Å². The average molecular weight is 307 g/mol. The number of amides is 1. The molecule has 23 heavy (non-hydrogen) atoms. The van der Waals surface area contributed by atoms with Crippen LogP contribution in [0.4, 0.5) is 0 Å². The molecule has 2 aromatic carbocycles. The van der Waals surface area contributed by atoms with Gasteiger partial charge in [0.1, 0.15) is 17.0 Å². The second-order valence-corrected chi connectivity index (χ2v) is 4.87. The standard InChI is InChI=1S/C18H13NO4/c20-17(12-6-2-1-3-7-12)19-15(18(21)22)11-14-10-13-8-4-5-9-16(13)23-14/h1-11H,(H,19,20)(H,21,22)/b15-11-. The predicted molar refractivity (Wildman–Crippen MR) is 85.7 cm³/mol. The molecule has 0 radical (unpaired) electrons. The normalized spacial score (nSPS) is 11.4. The number of aliphatic carboxylic acids is 1. The van der Waals surface area contributed by atoms with Crippen molar-refractivity contribution < 1.29 is 19.1 Å². The summed E-state index contributed by atoms with van der Waals surface area (Å²) in [4.78, 5) is 23.4. The van der Waals surface area contributed by atoms with Crippen LogP contribution in [-0.2, 0) is 4.79 Å². The highest BCUT2D eigenvalue weighted by atomic mass is 16.4. The molecule has 0 atom stereocenters. The fourth-order valence-electron chi connectivity index (χ4n) is 2.15. The van der Waals surface area contributed by atoms with Crippen molar-refractivity contribution in [2.75, 3.05) is 0 Å². The van der Waals surface area contributed by atoms with E-state index in [4.69, 9.17) is 4.42 Å². The van der Waals surface area contributed by atoms with E-state index < -0.39 is 11.9 Å². The number of fused-ring (bicyclic) bond motifs is 1. The molecule has 3 aromatic rings. The number of nitrogens with one attached hydrogen (secondary N) is 1. The Labute approximate surface area is 131 Å². The van der Waals surface area contributed by atoms with Gasteiger partial charge in [-0.05, 0) is 24.3 Å². The summed E-state index contributed by atoms with van der Waals surface area (Å²) in [6.07, 6.45) is 1.29. The van der Waals surface area contributed by atoms with Crippen LogP contribution in [0, 0.1) is 0 Å². The molecular formula is C18H13NO4. The molecule has 5 nitrogen and oxygen atoms in total. The van der Waals surface area contributed by atoms with E-state index in [1.807, 2.05) is 18.2 Å². The molecule has 3 rings (SSSR count). The summed E-state index contributed by atoms with van der Waals surface area (Å²) in [6.45, 7) is 0. The molecule has 0 aliphatic rings. The van der Waals surface area contributed by atoms with Gasteiger partial charge < -0.3 is 14.8 Å². The number of carbonyl (C=O) groups excluding carboxylic acids is 1. The summed E-state index contributed by atoms with van der Waals surface area (Å²) in [5.74, 6) is -1.37. The van der Waals surface area contributed by atoms with Gasteiger partial charge in [-0.15, -0.1) is 0 Å². The summed E-state index contributed by atoms with van der Waals surface area (Å²) in [6, 6.07) is 17.5. The molecule has 0 saturated heterocycles. The van der Waals surface area contributed by atoms with E-state index in [1.54, 1.807) is 42.5 Å². The molecule has 0 aliphatic heterocycles. The van der Waals surface area contributed by atoms with E-state index in [-0.39, 0.29) is 5.70 Å². The smallest absolute Gasteiger partial charge is 0.352 e. The first-order valence-electron chi connectivity index (χ1n) is 6.93. The lowest BCUT2D eigenvalue weighted by Gasteiger charge is -2.05. The molecule has 0 aliphatic carbocycles. The Morgan fingerprint density at radius 2 is 1.70 bits per heavy atom. The van der Waals surface area contributed by atoms with Crippen molar-refractivity contribution in [3.05, 3.63) is 77.7 Å². The van der Waals surface area contributed by atoms with Gasteiger partial charge in [0, 0.05) is 17.0 Å². The Kier molecular flexibility index (Phi) is 3.93. The number of carbonyl (C=O) groups is 2. The van der Waals surface area contributed by atoms with Crippen LogP contribution < -0.4 is 5.32 Å². The Balaban J connectivity index is 1.89. The Morgan fingerprint density at radius 3 is 2.39 bits per heavy atom. The maximum atomic E-state index is 12.1. The summed E-state index contributed by atoms with van der Waals surface area (Å²) in [7, 11) is 0. The minimum absolute atomic E-state index is 0.252. The largest absolute Gasteiger partial charge is 0.477 e. The highest BCUT2D eigenvalue weighted by Crippen LogP contribution is 2.20. The Morgan fingerprint density at radius 1 is 1.00 bits per heavy atom. The number of carboxylic acid groups (broad SMARTS) is 1. The van der Waals surface area contributed by atoms with Crippen LogP contribution in [-0.4, -0.2) is 17.0 Å². The molecule has 1 amide bonds. The van der Waals surface area contributed by atoms with Gasteiger partial charge in [-0.3, -0.25) is 4.79 Å². The van der Waals surface area contributed by atoms with Crippen molar-refractivity contribution in [1.82, 2.24) is 5.32 Å². The molecule has 0 saturated carbocycles. The van der Waals surface area contributed by atoms with Crippen molar-refractivity contribution in [2.24, 2.45) is 0 Å². The topological polar surface area (TPSA) is 79.5 Å². The number of furan rings is 1. The van der Waals surface area contributed by atoms with Gasteiger partial charge in [0.2, 0.25) is 0 Å². The van der Waals surface area contributed by atoms with Crippen LogP contribution in [0.15, 0.2) is 70.8 Å². The van der Waals surface area contributed by atoms with Gasteiger partial charge in [-0.2, -0.15) is 0 Å². The maximum absolute atomic E-state index is 12.1. The Bertz CT molecular complexity index is 861. The minimum Gasteiger partial charge on any atom is -0.477 e. The third-order valence-corrected chi connectivity index (χ3v) is 3.25. The monoisotopic (exact) mass is 307 g/mol. The molecule has 0 unspecified atom stereocenters. The van der Waals surface area contributed by atoms with Crippen LogP contribution in [0.5, 0.6) is 0 Å². The van der Waals surface area contributed by atoms with Gasteiger partial charge in [0.05, 0.1) is 0 Å². The summed E-state index contributed by atoms with van der Waals surface area (Å²) in [5.41, 5.74) is 0.778. The number of para-hydroxylation sites is 1. The lowest BCUT2D eigenvalue weighted by molar-refractivity contribution is -0.132. The summed E-state index contributed by atoms with van der Waals surface area (Å²) >= 11 is 0.